The molecule has 0 saturated carbocycles. The summed E-state index contributed by atoms with van der Waals surface area (Å²) in [6, 6.07) is 7.11. The molecule has 1 aromatic rings. The highest BCUT2D eigenvalue weighted by molar-refractivity contribution is 7.50. The summed E-state index contributed by atoms with van der Waals surface area (Å²) in [6.45, 7) is 7.36. The van der Waals surface area contributed by atoms with Gasteiger partial charge in [0.15, 0.2) is 7.60 Å². The van der Waals surface area contributed by atoms with E-state index in [1.165, 1.54) is 0 Å². The molecule has 1 aromatic carbocycles. The Bertz CT molecular complexity index is 370. The normalized spacial score (nSPS) is 15.8. The monoisotopic (exact) mass is 227 g/mol. The van der Waals surface area contributed by atoms with Crippen LogP contribution in [0.1, 0.15) is 26.3 Å². The van der Waals surface area contributed by atoms with Gasteiger partial charge in [0.05, 0.1) is 0 Å². The molecule has 0 saturated heterocycles. The minimum atomic E-state index is -3.69. The number of hydrogen-bond donors (Lipinski definition) is 0. The van der Waals surface area contributed by atoms with Crippen LogP contribution in [0.15, 0.2) is 24.3 Å². The first-order valence-electron chi connectivity index (χ1n) is 4.77. The molecule has 0 amide bonds. The number of rotatable bonds is 2. The van der Waals surface area contributed by atoms with Gasteiger partial charge < -0.3 is 9.42 Å². The molecule has 0 radical (unpaired) electrons. The van der Waals surface area contributed by atoms with E-state index in [1.807, 2.05) is 12.1 Å². The van der Waals surface area contributed by atoms with Crippen LogP contribution in [0, 0.1) is 0 Å². The zero-order chi connectivity index (χ0) is 11.7. The Morgan fingerprint density at radius 2 is 1.67 bits per heavy atom. The summed E-state index contributed by atoms with van der Waals surface area (Å²) in [7, 11) is -3.69. The molecular weight excluding hydrogens is 211 g/mol. The van der Waals surface area contributed by atoms with Gasteiger partial charge in [0.25, 0.3) is 0 Å². The Morgan fingerprint density at radius 1 is 1.20 bits per heavy atom. The fourth-order valence-corrected chi connectivity index (χ4v) is 1.71. The molecule has 4 heteroatoms. The molecule has 1 atom stereocenters. The quantitative estimate of drug-likeness (QED) is 0.729. The van der Waals surface area contributed by atoms with Gasteiger partial charge in [-0.3, -0.25) is 4.57 Å². The van der Waals surface area contributed by atoms with E-state index in [2.05, 4.69) is 20.8 Å². The van der Waals surface area contributed by atoms with Gasteiger partial charge in [0.1, 0.15) is 5.75 Å². The molecule has 0 bridgehead atoms. The Morgan fingerprint density at radius 3 is 2.00 bits per heavy atom. The van der Waals surface area contributed by atoms with Gasteiger partial charge in [0, 0.05) is 6.66 Å². The van der Waals surface area contributed by atoms with Crippen molar-refractivity contribution in [2.75, 3.05) is 6.66 Å². The van der Waals surface area contributed by atoms with Crippen molar-refractivity contribution in [3.8, 4) is 5.75 Å². The Balaban J connectivity index is 2.87. The van der Waals surface area contributed by atoms with Crippen molar-refractivity contribution < 1.29 is 14.0 Å². The minimum absolute atomic E-state index is 0.0614. The van der Waals surface area contributed by atoms with Gasteiger partial charge in [-0.15, -0.1) is 0 Å². The van der Waals surface area contributed by atoms with Crippen molar-refractivity contribution in [1.82, 2.24) is 0 Å². The molecule has 84 valence electrons. The minimum Gasteiger partial charge on any atom is -0.769 e. The van der Waals surface area contributed by atoms with Gasteiger partial charge in [0.2, 0.25) is 0 Å². The van der Waals surface area contributed by atoms with Gasteiger partial charge in [-0.05, 0) is 23.1 Å². The molecule has 0 aliphatic heterocycles. The lowest BCUT2D eigenvalue weighted by atomic mass is 9.87. The predicted octanol–water partition coefficient (Wildman–Crippen LogP) is 2.55. The summed E-state index contributed by atoms with van der Waals surface area (Å²) in [5.41, 5.74) is 1.21. The molecule has 0 N–H and O–H groups in total. The van der Waals surface area contributed by atoms with E-state index in [1.54, 1.807) is 12.1 Å². The summed E-state index contributed by atoms with van der Waals surface area (Å²) >= 11 is 0. The lowest BCUT2D eigenvalue weighted by Gasteiger charge is -2.21. The highest BCUT2D eigenvalue weighted by atomic mass is 31.2. The van der Waals surface area contributed by atoms with E-state index in [0.717, 1.165) is 12.2 Å². The third kappa shape index (κ3) is 4.06. The fraction of sp³-hybridized carbons (Fsp3) is 0.455. The van der Waals surface area contributed by atoms with Crippen LogP contribution in [0.4, 0.5) is 0 Å². The second-order valence-electron chi connectivity index (χ2n) is 4.64. The van der Waals surface area contributed by atoms with Crippen molar-refractivity contribution in [1.29, 1.82) is 0 Å². The summed E-state index contributed by atoms with van der Waals surface area (Å²) in [4.78, 5) is 10.9. The van der Waals surface area contributed by atoms with Crippen LogP contribution in [0.25, 0.3) is 0 Å². The van der Waals surface area contributed by atoms with Gasteiger partial charge >= 0.3 is 0 Å². The molecule has 0 aliphatic carbocycles. The highest BCUT2D eigenvalue weighted by Gasteiger charge is 2.13. The third-order valence-corrected chi connectivity index (χ3v) is 2.53. The van der Waals surface area contributed by atoms with E-state index >= 15 is 0 Å². The van der Waals surface area contributed by atoms with Crippen molar-refractivity contribution in [3.05, 3.63) is 29.8 Å². The zero-order valence-corrected chi connectivity index (χ0v) is 10.4. The number of benzene rings is 1. The largest absolute Gasteiger partial charge is 0.769 e. The highest BCUT2D eigenvalue weighted by Crippen LogP contribution is 2.34. The van der Waals surface area contributed by atoms with Crippen molar-refractivity contribution in [3.63, 3.8) is 0 Å². The molecule has 0 heterocycles. The van der Waals surface area contributed by atoms with Gasteiger partial charge in [-0.2, -0.15) is 0 Å². The van der Waals surface area contributed by atoms with Crippen LogP contribution in [-0.2, 0) is 9.98 Å². The average Bonchev–Trinajstić information content (AvgIpc) is 2.00. The molecule has 3 nitrogen and oxygen atoms in total. The van der Waals surface area contributed by atoms with E-state index in [4.69, 9.17) is 4.52 Å². The van der Waals surface area contributed by atoms with Crippen LogP contribution in [0.2, 0.25) is 0 Å². The Labute approximate surface area is 90.6 Å². The fourth-order valence-electron chi connectivity index (χ4n) is 1.21. The number of hydrogen-bond acceptors (Lipinski definition) is 3. The van der Waals surface area contributed by atoms with E-state index in [-0.39, 0.29) is 5.41 Å². The molecule has 15 heavy (non-hydrogen) atoms. The summed E-state index contributed by atoms with van der Waals surface area (Å²) in [5.74, 6) is 0.365. The smallest absolute Gasteiger partial charge is 0.181 e. The zero-order valence-electron chi connectivity index (χ0n) is 9.48. The second-order valence-corrected chi connectivity index (χ2v) is 6.36. The summed E-state index contributed by atoms with van der Waals surface area (Å²) in [6.07, 6.45) is 0. The third-order valence-electron chi connectivity index (χ3n) is 1.99. The topological polar surface area (TPSA) is 49.4 Å². The van der Waals surface area contributed by atoms with Gasteiger partial charge in [-0.25, -0.2) is 0 Å². The molecule has 0 fully saturated rings. The van der Waals surface area contributed by atoms with E-state index < -0.39 is 7.60 Å². The van der Waals surface area contributed by atoms with Crippen LogP contribution >= 0.6 is 7.60 Å². The van der Waals surface area contributed by atoms with Crippen LogP contribution in [-0.4, -0.2) is 6.66 Å². The van der Waals surface area contributed by atoms with Crippen LogP contribution in [0.3, 0.4) is 0 Å². The molecule has 0 spiro atoms. The lowest BCUT2D eigenvalue weighted by molar-refractivity contribution is -0.188. The molecular formula is C11H16O3P-. The van der Waals surface area contributed by atoms with Crippen LogP contribution < -0.4 is 9.42 Å². The Kier molecular flexibility index (Phi) is 3.27. The first-order chi connectivity index (χ1) is 6.68. The van der Waals surface area contributed by atoms with Crippen LogP contribution in [0.5, 0.6) is 5.75 Å². The first kappa shape index (κ1) is 12.3. The maximum atomic E-state index is 10.9. The molecule has 0 aromatic heterocycles. The van der Waals surface area contributed by atoms with Crippen molar-refractivity contribution in [2.24, 2.45) is 0 Å². The molecule has 1 rings (SSSR count). The van der Waals surface area contributed by atoms with E-state index in [9.17, 15) is 9.46 Å². The predicted molar refractivity (Wildman–Crippen MR) is 59.3 cm³/mol. The molecule has 1 unspecified atom stereocenters. The standard InChI is InChI=1S/C11H17O3P/c1-11(2,3)9-5-7-10(8-6-9)14-15(4,12)13/h5-8H,1-4H3,(H,12,13)/p-1. The first-order valence-corrected chi connectivity index (χ1v) is 6.76. The maximum Gasteiger partial charge on any atom is 0.181 e. The van der Waals surface area contributed by atoms with Crippen molar-refractivity contribution >= 4 is 7.60 Å². The molecule has 0 aliphatic rings. The van der Waals surface area contributed by atoms with E-state index in [0.29, 0.717) is 5.75 Å². The summed E-state index contributed by atoms with van der Waals surface area (Å²) < 4.78 is 15.7. The van der Waals surface area contributed by atoms with Gasteiger partial charge in [-0.1, -0.05) is 32.9 Å². The lowest BCUT2D eigenvalue weighted by Crippen LogP contribution is -2.10. The second kappa shape index (κ2) is 3.99. The maximum absolute atomic E-state index is 10.9. The average molecular weight is 227 g/mol. The Hall–Kier alpha value is -0.790. The SMILES string of the molecule is CC(C)(C)c1ccc(OP(C)(=O)[O-])cc1. The van der Waals surface area contributed by atoms with Crippen molar-refractivity contribution in [2.45, 2.75) is 26.2 Å². The summed E-state index contributed by atoms with van der Waals surface area (Å²) in [5, 5.41) is 0.